The largest absolute Gasteiger partial charge is 0.508 e. The Hall–Kier alpha value is -2.70. The molecule has 4 rings (SSSR count). The van der Waals surface area contributed by atoms with Crippen molar-refractivity contribution in [2.45, 2.75) is 37.6 Å². The van der Waals surface area contributed by atoms with Gasteiger partial charge in [0, 0.05) is 26.1 Å². The predicted octanol–water partition coefficient (Wildman–Crippen LogP) is 4.28. The number of phenolic OH excluding ortho intramolecular Hbond substituents is 1. The molecule has 0 aliphatic carbocycles. The molecule has 29 heavy (non-hydrogen) atoms. The Morgan fingerprint density at radius 3 is 2.52 bits per heavy atom. The van der Waals surface area contributed by atoms with Crippen molar-refractivity contribution in [2.75, 3.05) is 24.5 Å². The summed E-state index contributed by atoms with van der Waals surface area (Å²) in [7, 11) is 0. The van der Waals surface area contributed by atoms with Gasteiger partial charge in [-0.25, -0.2) is 13.2 Å². The second-order valence-corrected chi connectivity index (χ2v) is 7.82. The normalized spacial score (nSPS) is 21.6. The molecule has 1 N–H and O–H groups in total. The number of nitrogens with zero attached hydrogens (tertiary/aromatic N) is 2. The number of carbonyl (C=O) groups is 1. The lowest BCUT2D eigenvalue weighted by Crippen LogP contribution is -2.47. The number of phenols is 1. The summed E-state index contributed by atoms with van der Waals surface area (Å²) < 4.78 is 44.3. The van der Waals surface area contributed by atoms with Crippen molar-refractivity contribution in [2.24, 2.45) is 0 Å². The lowest BCUT2D eigenvalue weighted by molar-refractivity contribution is -0.128. The molecular weight excluding hydrogens is 381 g/mol. The molecule has 1 amide bonds. The molecule has 2 aromatic carbocycles. The number of alkyl halides is 2. The van der Waals surface area contributed by atoms with E-state index >= 15 is 0 Å². The van der Waals surface area contributed by atoms with Gasteiger partial charge < -0.3 is 14.9 Å². The molecule has 0 radical (unpaired) electrons. The van der Waals surface area contributed by atoms with Gasteiger partial charge in [0.25, 0.3) is 5.92 Å². The predicted molar refractivity (Wildman–Crippen MR) is 104 cm³/mol. The third kappa shape index (κ3) is 4.04. The number of halogens is 3. The van der Waals surface area contributed by atoms with E-state index < -0.39 is 24.2 Å². The summed E-state index contributed by atoms with van der Waals surface area (Å²) in [5.74, 6) is -4.46. The van der Waals surface area contributed by atoms with Crippen LogP contribution in [0.15, 0.2) is 42.5 Å². The van der Waals surface area contributed by atoms with Crippen molar-refractivity contribution in [3.63, 3.8) is 0 Å². The number of likely N-dealkylation sites (tertiary alicyclic amines) is 1. The lowest BCUT2D eigenvalue weighted by Gasteiger charge is -2.40. The van der Waals surface area contributed by atoms with Crippen LogP contribution in [0.4, 0.5) is 18.9 Å². The van der Waals surface area contributed by atoms with Gasteiger partial charge in [-0.05, 0) is 48.2 Å². The highest BCUT2D eigenvalue weighted by Crippen LogP contribution is 2.42. The number of anilines is 1. The van der Waals surface area contributed by atoms with Crippen LogP contribution in [0, 0.1) is 5.82 Å². The van der Waals surface area contributed by atoms with Gasteiger partial charge in [0.15, 0.2) is 0 Å². The summed E-state index contributed by atoms with van der Waals surface area (Å²) in [5, 5.41) is 9.39. The zero-order chi connectivity index (χ0) is 20.6. The lowest BCUT2D eigenvalue weighted by atomic mass is 9.86. The van der Waals surface area contributed by atoms with Gasteiger partial charge >= 0.3 is 0 Å². The van der Waals surface area contributed by atoms with Crippen LogP contribution in [0.25, 0.3) is 0 Å². The fourth-order valence-electron chi connectivity index (χ4n) is 4.25. The second kappa shape index (κ2) is 7.61. The monoisotopic (exact) mass is 404 g/mol. The van der Waals surface area contributed by atoms with E-state index in [1.165, 1.54) is 35.2 Å². The summed E-state index contributed by atoms with van der Waals surface area (Å²) in [6.45, 7) is 0.750. The topological polar surface area (TPSA) is 43.8 Å². The molecule has 2 saturated heterocycles. The maximum atomic E-state index is 14.9. The Kier molecular flexibility index (Phi) is 5.15. The Labute approximate surface area is 167 Å². The van der Waals surface area contributed by atoms with Crippen molar-refractivity contribution in [1.82, 2.24) is 4.90 Å². The third-order valence-corrected chi connectivity index (χ3v) is 5.79. The highest BCUT2D eigenvalue weighted by molar-refractivity contribution is 5.78. The van der Waals surface area contributed by atoms with E-state index in [0.717, 1.165) is 12.0 Å². The number of benzene rings is 2. The quantitative estimate of drug-likeness (QED) is 0.827. The number of carbonyl (C=O) groups excluding carboxylic acids is 1. The van der Waals surface area contributed by atoms with E-state index in [9.17, 15) is 23.1 Å². The zero-order valence-corrected chi connectivity index (χ0v) is 16.0. The third-order valence-electron chi connectivity index (χ3n) is 5.79. The molecule has 2 heterocycles. The molecule has 0 bridgehead atoms. The second-order valence-electron chi connectivity index (χ2n) is 7.82. The van der Waals surface area contributed by atoms with Crippen molar-refractivity contribution in [3.05, 3.63) is 59.4 Å². The molecule has 2 fully saturated rings. The highest BCUT2D eigenvalue weighted by atomic mass is 19.3. The number of piperidine rings is 1. The summed E-state index contributed by atoms with van der Waals surface area (Å²) in [6, 6.07) is 10.3. The van der Waals surface area contributed by atoms with E-state index in [2.05, 4.69) is 0 Å². The average molecular weight is 404 g/mol. The number of aromatic hydroxyl groups is 1. The number of hydrogen-bond acceptors (Lipinski definition) is 3. The first-order valence-corrected chi connectivity index (χ1v) is 9.81. The van der Waals surface area contributed by atoms with Crippen LogP contribution in [-0.4, -0.2) is 41.5 Å². The fourth-order valence-corrected chi connectivity index (χ4v) is 4.25. The fraction of sp³-hybridized carbons (Fsp3) is 0.409. The van der Waals surface area contributed by atoms with Gasteiger partial charge in [0.2, 0.25) is 5.91 Å². The van der Waals surface area contributed by atoms with Crippen molar-refractivity contribution >= 4 is 11.6 Å². The summed E-state index contributed by atoms with van der Waals surface area (Å²) in [5.41, 5.74) is 1.35. The zero-order valence-electron chi connectivity index (χ0n) is 16.0. The van der Waals surface area contributed by atoms with E-state index in [1.807, 2.05) is 0 Å². The molecule has 154 valence electrons. The van der Waals surface area contributed by atoms with Gasteiger partial charge in [-0.15, -0.1) is 0 Å². The van der Waals surface area contributed by atoms with E-state index in [0.29, 0.717) is 31.6 Å². The van der Waals surface area contributed by atoms with Crippen LogP contribution in [0.1, 0.15) is 36.3 Å². The molecule has 1 atom stereocenters. The van der Waals surface area contributed by atoms with E-state index in [-0.39, 0.29) is 23.8 Å². The van der Waals surface area contributed by atoms with Crippen LogP contribution in [0.3, 0.4) is 0 Å². The maximum Gasteiger partial charge on any atom is 0.272 e. The minimum Gasteiger partial charge on any atom is -0.508 e. The standard InChI is InChI=1S/C22H23F3N2O2/c23-19-8-3-15(13-26-10-1-2-21(26)29)12-20(19)27-11-9-18(22(24,25)14-27)16-4-6-17(28)7-5-16/h3-8,12,18,28H,1-2,9-11,13-14H2/t18-/m1/s1. The van der Waals surface area contributed by atoms with Crippen molar-refractivity contribution < 1.29 is 23.1 Å². The van der Waals surface area contributed by atoms with Gasteiger partial charge in [-0.2, -0.15) is 0 Å². The molecule has 4 nitrogen and oxygen atoms in total. The van der Waals surface area contributed by atoms with Crippen LogP contribution < -0.4 is 4.90 Å². The summed E-state index contributed by atoms with van der Waals surface area (Å²) >= 11 is 0. The maximum absolute atomic E-state index is 14.9. The molecular formula is C22H23F3N2O2. The molecule has 0 spiro atoms. The Balaban J connectivity index is 1.52. The SMILES string of the molecule is O=C1CCCN1Cc1ccc(F)c(N2CC[C@H](c3ccc(O)cc3)C(F)(F)C2)c1. The first kappa shape index (κ1) is 19.6. The minimum atomic E-state index is -3.04. The minimum absolute atomic E-state index is 0.0323. The molecule has 2 aliphatic heterocycles. The van der Waals surface area contributed by atoms with Gasteiger partial charge in [0.05, 0.1) is 18.2 Å². The molecule has 2 aliphatic rings. The molecule has 0 saturated carbocycles. The molecule has 7 heteroatoms. The Morgan fingerprint density at radius 1 is 1.10 bits per heavy atom. The highest BCUT2D eigenvalue weighted by Gasteiger charge is 2.45. The van der Waals surface area contributed by atoms with Gasteiger partial charge in [-0.1, -0.05) is 18.2 Å². The molecule has 2 aromatic rings. The first-order valence-electron chi connectivity index (χ1n) is 9.81. The van der Waals surface area contributed by atoms with E-state index in [1.54, 1.807) is 17.0 Å². The number of amides is 1. The van der Waals surface area contributed by atoms with E-state index in [4.69, 9.17) is 0 Å². The number of hydrogen-bond donors (Lipinski definition) is 1. The smallest absolute Gasteiger partial charge is 0.272 e. The van der Waals surface area contributed by atoms with Crippen LogP contribution >= 0.6 is 0 Å². The Morgan fingerprint density at radius 2 is 1.86 bits per heavy atom. The summed E-state index contributed by atoms with van der Waals surface area (Å²) in [4.78, 5) is 14.9. The molecule has 0 unspecified atom stereocenters. The van der Waals surface area contributed by atoms with Crippen LogP contribution in [-0.2, 0) is 11.3 Å². The molecule has 0 aromatic heterocycles. The van der Waals surface area contributed by atoms with Gasteiger partial charge in [-0.3, -0.25) is 4.79 Å². The van der Waals surface area contributed by atoms with Crippen LogP contribution in [0.2, 0.25) is 0 Å². The summed E-state index contributed by atoms with van der Waals surface area (Å²) in [6.07, 6.45) is 1.50. The van der Waals surface area contributed by atoms with Gasteiger partial charge in [0.1, 0.15) is 11.6 Å². The number of rotatable bonds is 4. The first-order chi connectivity index (χ1) is 13.8. The van der Waals surface area contributed by atoms with Crippen molar-refractivity contribution in [1.29, 1.82) is 0 Å². The van der Waals surface area contributed by atoms with Crippen molar-refractivity contribution in [3.8, 4) is 5.75 Å². The average Bonchev–Trinajstić information content (AvgIpc) is 3.08. The van der Waals surface area contributed by atoms with Crippen LogP contribution in [0.5, 0.6) is 5.75 Å². The Bertz CT molecular complexity index is 901.